The standard InChI is InChI=1S/C23H31N11O5S/c1-16-25-20(31-22(26-16)33-7-11-38-12-8-33)27-17-2-4-18(5-3-17)28-21-29-19(24-6-15-40(35,36)37)30-23(32-21)34-9-13-39-14-10-34/h2-5H,6-15H2,1H3,(H,35,36,37)(H,25,26,27,31)(H2,24,28,29,30,32). The summed E-state index contributed by atoms with van der Waals surface area (Å²) in [5, 5.41) is 9.23. The number of hydrogen-bond acceptors (Lipinski definition) is 15. The Morgan fingerprint density at radius 2 is 1.23 bits per heavy atom. The summed E-state index contributed by atoms with van der Waals surface area (Å²) < 4.78 is 42.1. The van der Waals surface area contributed by atoms with E-state index < -0.39 is 15.9 Å². The second-order valence-electron chi connectivity index (χ2n) is 9.03. The van der Waals surface area contributed by atoms with E-state index in [0.29, 0.717) is 63.2 Å². The van der Waals surface area contributed by atoms with E-state index in [4.69, 9.17) is 14.0 Å². The molecule has 5 rings (SSSR count). The van der Waals surface area contributed by atoms with Crippen LogP contribution in [-0.4, -0.2) is 108 Å². The SMILES string of the molecule is Cc1nc(Nc2ccc(Nc3nc(NCCS(=O)(=O)O)nc(N4CCOCC4)n3)cc2)nc(N2CCOCC2)n1. The quantitative estimate of drug-likeness (QED) is 0.249. The topological polar surface area (TPSA) is 193 Å². The lowest BCUT2D eigenvalue weighted by Gasteiger charge is -2.27. The van der Waals surface area contributed by atoms with Gasteiger partial charge in [-0.15, -0.1) is 0 Å². The van der Waals surface area contributed by atoms with Crippen LogP contribution in [0.3, 0.4) is 0 Å². The Hall–Kier alpha value is -3.93. The number of ether oxygens (including phenoxy) is 2. The maximum atomic E-state index is 11.1. The van der Waals surface area contributed by atoms with Crippen LogP contribution in [-0.2, 0) is 19.6 Å². The number of anilines is 7. The summed E-state index contributed by atoms with van der Waals surface area (Å²) in [6, 6.07) is 7.43. The van der Waals surface area contributed by atoms with E-state index >= 15 is 0 Å². The van der Waals surface area contributed by atoms with Gasteiger partial charge < -0.3 is 35.2 Å². The fraction of sp³-hybridized carbons (Fsp3) is 0.478. The van der Waals surface area contributed by atoms with E-state index in [-0.39, 0.29) is 18.4 Å². The van der Waals surface area contributed by atoms with Gasteiger partial charge in [0.25, 0.3) is 10.1 Å². The first kappa shape index (κ1) is 27.6. The van der Waals surface area contributed by atoms with Crippen LogP contribution < -0.4 is 25.8 Å². The molecule has 2 aliphatic rings. The lowest BCUT2D eigenvalue weighted by molar-refractivity contribution is 0.122. The molecule has 17 heteroatoms. The number of aryl methyl sites for hydroxylation is 1. The molecule has 0 radical (unpaired) electrons. The molecule has 2 fully saturated rings. The third kappa shape index (κ3) is 7.81. The van der Waals surface area contributed by atoms with E-state index in [2.05, 4.69) is 50.8 Å². The fourth-order valence-electron chi connectivity index (χ4n) is 4.02. The van der Waals surface area contributed by atoms with Crippen LogP contribution in [0.5, 0.6) is 0 Å². The van der Waals surface area contributed by atoms with Crippen molar-refractivity contribution >= 4 is 51.2 Å². The predicted octanol–water partition coefficient (Wildman–Crippen LogP) is 0.825. The number of aromatic nitrogens is 6. The van der Waals surface area contributed by atoms with Crippen molar-refractivity contribution < 1.29 is 22.4 Å². The Kier molecular flexibility index (Phi) is 8.63. The Morgan fingerprint density at radius 3 is 1.75 bits per heavy atom. The monoisotopic (exact) mass is 573 g/mol. The second-order valence-corrected chi connectivity index (χ2v) is 10.6. The summed E-state index contributed by atoms with van der Waals surface area (Å²) in [5.41, 5.74) is 1.50. The maximum absolute atomic E-state index is 11.1. The summed E-state index contributed by atoms with van der Waals surface area (Å²) in [5.74, 6) is 2.08. The van der Waals surface area contributed by atoms with Crippen LogP contribution in [0.1, 0.15) is 5.82 Å². The van der Waals surface area contributed by atoms with Gasteiger partial charge in [-0.3, -0.25) is 4.55 Å². The van der Waals surface area contributed by atoms with E-state index in [0.717, 1.165) is 24.5 Å². The van der Waals surface area contributed by atoms with E-state index in [9.17, 15) is 8.42 Å². The van der Waals surface area contributed by atoms with Crippen LogP contribution in [0.15, 0.2) is 24.3 Å². The highest BCUT2D eigenvalue weighted by Gasteiger charge is 2.18. The molecule has 2 aliphatic heterocycles. The fourth-order valence-corrected chi connectivity index (χ4v) is 4.38. The van der Waals surface area contributed by atoms with Crippen LogP contribution in [0.2, 0.25) is 0 Å². The number of nitrogens with zero attached hydrogens (tertiary/aromatic N) is 8. The molecule has 0 spiro atoms. The van der Waals surface area contributed by atoms with E-state index in [1.54, 1.807) is 0 Å². The molecule has 4 heterocycles. The van der Waals surface area contributed by atoms with Crippen molar-refractivity contribution in [2.75, 3.05) is 90.7 Å². The third-order valence-corrected chi connectivity index (χ3v) is 6.71. The van der Waals surface area contributed by atoms with E-state index in [1.165, 1.54) is 0 Å². The number of benzene rings is 1. The average Bonchev–Trinajstić information content (AvgIpc) is 2.94. The second kappa shape index (κ2) is 12.5. The van der Waals surface area contributed by atoms with Gasteiger partial charge in [-0.25, -0.2) is 0 Å². The van der Waals surface area contributed by atoms with Crippen LogP contribution >= 0.6 is 0 Å². The molecule has 0 atom stereocenters. The molecule has 40 heavy (non-hydrogen) atoms. The van der Waals surface area contributed by atoms with Crippen molar-refractivity contribution in [3.05, 3.63) is 30.1 Å². The predicted molar refractivity (Wildman–Crippen MR) is 148 cm³/mol. The molecule has 214 valence electrons. The van der Waals surface area contributed by atoms with Gasteiger partial charge in [0, 0.05) is 44.1 Å². The summed E-state index contributed by atoms with van der Waals surface area (Å²) in [7, 11) is -4.12. The highest BCUT2D eigenvalue weighted by atomic mass is 32.2. The highest BCUT2D eigenvalue weighted by molar-refractivity contribution is 7.85. The molecule has 2 saturated heterocycles. The normalized spacial score (nSPS) is 16.1. The van der Waals surface area contributed by atoms with Crippen molar-refractivity contribution in [1.82, 2.24) is 29.9 Å². The smallest absolute Gasteiger partial charge is 0.266 e. The van der Waals surface area contributed by atoms with Crippen molar-refractivity contribution in [2.45, 2.75) is 6.92 Å². The Labute approximate surface area is 231 Å². The molecule has 0 bridgehead atoms. The summed E-state index contributed by atoms with van der Waals surface area (Å²) >= 11 is 0. The first-order valence-corrected chi connectivity index (χ1v) is 14.4. The first-order chi connectivity index (χ1) is 19.3. The Bertz CT molecular complexity index is 1400. The van der Waals surface area contributed by atoms with Gasteiger partial charge in [0.1, 0.15) is 5.82 Å². The molecule has 0 aliphatic carbocycles. The zero-order valence-corrected chi connectivity index (χ0v) is 22.8. The minimum absolute atomic E-state index is 0.0605. The summed E-state index contributed by atoms with van der Waals surface area (Å²) in [4.78, 5) is 30.8. The van der Waals surface area contributed by atoms with Crippen LogP contribution in [0, 0.1) is 6.92 Å². The minimum Gasteiger partial charge on any atom is -0.378 e. The van der Waals surface area contributed by atoms with Crippen LogP contribution in [0.4, 0.5) is 41.1 Å². The number of morpholine rings is 2. The summed E-state index contributed by atoms with van der Waals surface area (Å²) in [6.07, 6.45) is 0. The molecule has 0 amide bonds. The van der Waals surface area contributed by atoms with Crippen molar-refractivity contribution in [1.29, 1.82) is 0 Å². The third-order valence-electron chi connectivity index (χ3n) is 5.99. The van der Waals surface area contributed by atoms with Gasteiger partial charge in [0.05, 0.1) is 32.2 Å². The molecule has 0 saturated carbocycles. The van der Waals surface area contributed by atoms with Gasteiger partial charge in [-0.2, -0.15) is 38.3 Å². The van der Waals surface area contributed by atoms with E-state index in [1.807, 2.05) is 36.1 Å². The van der Waals surface area contributed by atoms with Gasteiger partial charge in [-0.05, 0) is 31.2 Å². The molecule has 2 aromatic heterocycles. The van der Waals surface area contributed by atoms with Crippen molar-refractivity contribution in [3.63, 3.8) is 0 Å². The average molecular weight is 574 g/mol. The highest BCUT2D eigenvalue weighted by Crippen LogP contribution is 2.22. The van der Waals surface area contributed by atoms with Crippen LogP contribution in [0.25, 0.3) is 0 Å². The molecular weight excluding hydrogens is 542 g/mol. The largest absolute Gasteiger partial charge is 0.378 e. The van der Waals surface area contributed by atoms with Gasteiger partial charge in [0.15, 0.2) is 0 Å². The lowest BCUT2D eigenvalue weighted by atomic mass is 10.3. The maximum Gasteiger partial charge on any atom is 0.266 e. The molecule has 16 nitrogen and oxygen atoms in total. The zero-order valence-electron chi connectivity index (χ0n) is 21.9. The Morgan fingerprint density at radius 1 is 0.750 bits per heavy atom. The minimum atomic E-state index is -4.12. The molecule has 4 N–H and O–H groups in total. The van der Waals surface area contributed by atoms with Gasteiger partial charge >= 0.3 is 0 Å². The Balaban J connectivity index is 1.28. The van der Waals surface area contributed by atoms with Gasteiger partial charge in [0.2, 0.25) is 29.7 Å². The number of rotatable bonds is 10. The zero-order chi connectivity index (χ0) is 28.0. The van der Waals surface area contributed by atoms with Crippen molar-refractivity contribution in [3.8, 4) is 0 Å². The molecular formula is C23H31N11O5S. The summed E-state index contributed by atoms with van der Waals surface area (Å²) in [6.45, 7) is 6.81. The molecule has 1 aromatic carbocycles. The number of hydrogen-bond donors (Lipinski definition) is 4. The first-order valence-electron chi connectivity index (χ1n) is 12.8. The van der Waals surface area contributed by atoms with Gasteiger partial charge in [-0.1, -0.05) is 0 Å². The molecule has 3 aromatic rings. The number of nitrogens with one attached hydrogen (secondary N) is 3. The molecule has 0 unspecified atom stereocenters. The van der Waals surface area contributed by atoms with Crippen molar-refractivity contribution in [2.24, 2.45) is 0 Å². The lowest BCUT2D eigenvalue weighted by Crippen LogP contribution is -2.37.